The molecular formula is C30H35N5O. The summed E-state index contributed by atoms with van der Waals surface area (Å²) in [6, 6.07) is 18.3. The molecule has 6 heteroatoms. The lowest BCUT2D eigenvalue weighted by molar-refractivity contribution is 0.0657. The molecule has 1 aliphatic carbocycles. The van der Waals surface area contributed by atoms with Crippen LogP contribution in [0.3, 0.4) is 0 Å². The van der Waals surface area contributed by atoms with Gasteiger partial charge in [-0.05, 0) is 50.1 Å². The van der Waals surface area contributed by atoms with Crippen LogP contribution in [0.5, 0.6) is 0 Å². The van der Waals surface area contributed by atoms with Crippen LogP contribution >= 0.6 is 0 Å². The van der Waals surface area contributed by atoms with Crippen molar-refractivity contribution in [1.82, 2.24) is 19.8 Å². The highest BCUT2D eigenvalue weighted by atomic mass is 16.2. The van der Waals surface area contributed by atoms with Crippen LogP contribution in [-0.4, -0.2) is 65.4 Å². The molecule has 0 spiro atoms. The van der Waals surface area contributed by atoms with Gasteiger partial charge in [-0.25, -0.2) is 4.98 Å². The molecule has 0 bridgehead atoms. The highest BCUT2D eigenvalue weighted by Crippen LogP contribution is 2.49. The molecule has 3 aliphatic rings. The van der Waals surface area contributed by atoms with Crippen molar-refractivity contribution in [3.63, 3.8) is 0 Å². The summed E-state index contributed by atoms with van der Waals surface area (Å²) in [4.78, 5) is 29.0. The fourth-order valence-electron chi connectivity index (χ4n) is 5.92. The number of aryl methyl sites for hydroxylation is 1. The Balaban J connectivity index is 1.19. The third-order valence-corrected chi connectivity index (χ3v) is 8.50. The largest absolute Gasteiger partial charge is 0.365 e. The summed E-state index contributed by atoms with van der Waals surface area (Å²) in [5, 5.41) is 0. The molecule has 0 N–H and O–H groups in total. The summed E-state index contributed by atoms with van der Waals surface area (Å²) in [6.45, 7) is 7.05. The molecule has 0 radical (unpaired) electrons. The average Bonchev–Trinajstić information content (AvgIpc) is 2.89. The lowest BCUT2D eigenvalue weighted by atomic mass is 9.60. The number of aromatic nitrogens is 2. The molecular weight excluding hydrogens is 446 g/mol. The summed E-state index contributed by atoms with van der Waals surface area (Å²) < 4.78 is 0. The Morgan fingerprint density at radius 3 is 2.17 bits per heavy atom. The van der Waals surface area contributed by atoms with Crippen molar-refractivity contribution in [3.05, 3.63) is 88.5 Å². The van der Waals surface area contributed by atoms with Crippen molar-refractivity contribution in [2.24, 2.45) is 0 Å². The number of carbonyl (C=O) groups is 1. The molecule has 3 heterocycles. The maximum absolute atomic E-state index is 13.0. The van der Waals surface area contributed by atoms with Gasteiger partial charge in [-0.2, -0.15) is 0 Å². The molecule has 36 heavy (non-hydrogen) atoms. The van der Waals surface area contributed by atoms with Crippen LogP contribution in [0.4, 0.5) is 5.69 Å². The van der Waals surface area contributed by atoms with Gasteiger partial charge >= 0.3 is 0 Å². The number of rotatable bonds is 4. The van der Waals surface area contributed by atoms with E-state index in [2.05, 4.69) is 77.3 Å². The molecule has 2 aliphatic heterocycles. The minimum Gasteiger partial charge on any atom is -0.365 e. The van der Waals surface area contributed by atoms with E-state index in [0.29, 0.717) is 12.2 Å². The van der Waals surface area contributed by atoms with E-state index in [1.54, 1.807) is 6.20 Å². The second kappa shape index (κ2) is 9.32. The number of amides is 1. The van der Waals surface area contributed by atoms with Gasteiger partial charge in [0.05, 0.1) is 24.1 Å². The number of piperazine rings is 1. The SMILES string of the molecule is Cc1ccc(C2(c3ccc(N4CCc5ncc(C(=O)N6CCN(C)CC6)nc5C4)cc3)CCC2)cc1. The predicted molar refractivity (Wildman–Crippen MR) is 142 cm³/mol. The molecule has 186 valence electrons. The highest BCUT2D eigenvalue weighted by molar-refractivity contribution is 5.92. The third kappa shape index (κ3) is 4.17. The van der Waals surface area contributed by atoms with Crippen LogP contribution in [0.15, 0.2) is 54.7 Å². The molecule has 1 amide bonds. The van der Waals surface area contributed by atoms with E-state index in [1.165, 1.54) is 41.6 Å². The Kier molecular flexibility index (Phi) is 6.00. The van der Waals surface area contributed by atoms with Crippen molar-refractivity contribution in [3.8, 4) is 0 Å². The van der Waals surface area contributed by atoms with E-state index in [4.69, 9.17) is 4.98 Å². The van der Waals surface area contributed by atoms with Crippen LogP contribution in [0.25, 0.3) is 0 Å². The van der Waals surface area contributed by atoms with E-state index in [9.17, 15) is 4.79 Å². The van der Waals surface area contributed by atoms with Gasteiger partial charge in [0.25, 0.3) is 5.91 Å². The Morgan fingerprint density at radius 2 is 1.53 bits per heavy atom. The number of anilines is 1. The maximum atomic E-state index is 13.0. The van der Waals surface area contributed by atoms with Crippen molar-refractivity contribution in [2.45, 2.75) is 44.6 Å². The van der Waals surface area contributed by atoms with Crippen LogP contribution in [-0.2, 0) is 18.4 Å². The fourth-order valence-corrected chi connectivity index (χ4v) is 5.92. The van der Waals surface area contributed by atoms with Crippen LogP contribution in [0, 0.1) is 6.92 Å². The van der Waals surface area contributed by atoms with Gasteiger partial charge in [0, 0.05) is 50.2 Å². The highest BCUT2D eigenvalue weighted by Gasteiger charge is 2.40. The summed E-state index contributed by atoms with van der Waals surface area (Å²) in [5.74, 6) is 0.00165. The van der Waals surface area contributed by atoms with Gasteiger partial charge in [-0.1, -0.05) is 48.4 Å². The van der Waals surface area contributed by atoms with Crippen molar-refractivity contribution in [2.75, 3.05) is 44.7 Å². The molecule has 1 saturated carbocycles. The molecule has 0 atom stereocenters. The van der Waals surface area contributed by atoms with Crippen LogP contribution < -0.4 is 4.90 Å². The van der Waals surface area contributed by atoms with Gasteiger partial charge in [0.1, 0.15) is 5.69 Å². The Hall–Kier alpha value is -3.25. The number of likely N-dealkylation sites (N-methyl/N-ethyl adjacent to an activating group) is 1. The fraction of sp³-hybridized carbons (Fsp3) is 0.433. The smallest absolute Gasteiger partial charge is 0.274 e. The Morgan fingerprint density at radius 1 is 0.861 bits per heavy atom. The molecule has 0 unspecified atom stereocenters. The monoisotopic (exact) mass is 481 g/mol. The van der Waals surface area contributed by atoms with Crippen LogP contribution in [0.2, 0.25) is 0 Å². The average molecular weight is 482 g/mol. The van der Waals surface area contributed by atoms with Gasteiger partial charge in [0.2, 0.25) is 0 Å². The molecule has 6 rings (SSSR count). The van der Waals surface area contributed by atoms with Crippen molar-refractivity contribution < 1.29 is 4.79 Å². The van der Waals surface area contributed by atoms with E-state index in [-0.39, 0.29) is 11.3 Å². The van der Waals surface area contributed by atoms with E-state index >= 15 is 0 Å². The zero-order valence-electron chi connectivity index (χ0n) is 21.4. The quantitative estimate of drug-likeness (QED) is 0.559. The maximum Gasteiger partial charge on any atom is 0.274 e. The standard InChI is InChI=1S/C30H35N5O/c1-22-4-6-23(7-5-22)30(13-3-14-30)24-8-10-25(11-9-24)35-15-12-26-28(21-35)32-27(20-31-26)29(36)34-18-16-33(2)17-19-34/h4-11,20H,3,12-19,21H2,1-2H3. The molecule has 3 aromatic rings. The van der Waals surface area contributed by atoms with Gasteiger partial charge in [0.15, 0.2) is 0 Å². The lowest BCUT2D eigenvalue weighted by Gasteiger charge is -2.43. The van der Waals surface area contributed by atoms with Crippen LogP contribution in [0.1, 0.15) is 57.8 Å². The van der Waals surface area contributed by atoms with E-state index in [0.717, 1.165) is 50.5 Å². The molecule has 2 fully saturated rings. The third-order valence-electron chi connectivity index (χ3n) is 8.50. The first-order chi connectivity index (χ1) is 17.5. The second-order valence-electron chi connectivity index (χ2n) is 10.8. The summed E-state index contributed by atoms with van der Waals surface area (Å²) in [5.41, 5.74) is 7.95. The van der Waals surface area contributed by atoms with Gasteiger partial charge < -0.3 is 14.7 Å². The summed E-state index contributed by atoms with van der Waals surface area (Å²) in [6.07, 6.45) is 6.23. The number of benzene rings is 2. The molecule has 1 saturated heterocycles. The number of fused-ring (bicyclic) bond motifs is 1. The first kappa shape index (κ1) is 23.2. The van der Waals surface area contributed by atoms with Crippen molar-refractivity contribution >= 4 is 11.6 Å². The number of hydrogen-bond donors (Lipinski definition) is 0. The summed E-state index contributed by atoms with van der Waals surface area (Å²) >= 11 is 0. The lowest BCUT2D eigenvalue weighted by Crippen LogP contribution is -2.47. The molecule has 2 aromatic carbocycles. The summed E-state index contributed by atoms with van der Waals surface area (Å²) in [7, 11) is 2.09. The van der Waals surface area contributed by atoms with Crippen molar-refractivity contribution in [1.29, 1.82) is 0 Å². The number of hydrogen-bond acceptors (Lipinski definition) is 5. The first-order valence-corrected chi connectivity index (χ1v) is 13.3. The molecule has 1 aromatic heterocycles. The second-order valence-corrected chi connectivity index (χ2v) is 10.8. The Bertz CT molecular complexity index is 1240. The topological polar surface area (TPSA) is 52.6 Å². The number of nitrogens with zero attached hydrogens (tertiary/aromatic N) is 5. The predicted octanol–water partition coefficient (Wildman–Crippen LogP) is 4.21. The normalized spacial score (nSPS) is 19.5. The zero-order valence-corrected chi connectivity index (χ0v) is 21.4. The van der Waals surface area contributed by atoms with E-state index in [1.807, 2.05) is 4.90 Å². The van der Waals surface area contributed by atoms with Gasteiger partial charge in [-0.15, -0.1) is 0 Å². The Labute approximate surface area is 214 Å². The minimum atomic E-state index is 0.00165. The molecule has 6 nitrogen and oxygen atoms in total. The van der Waals surface area contributed by atoms with Gasteiger partial charge in [-0.3, -0.25) is 9.78 Å². The number of carbonyl (C=O) groups excluding carboxylic acids is 1. The van der Waals surface area contributed by atoms with E-state index < -0.39 is 0 Å². The zero-order chi connectivity index (χ0) is 24.7. The minimum absolute atomic E-state index is 0.00165. The first-order valence-electron chi connectivity index (χ1n) is 13.3.